The Morgan fingerprint density at radius 1 is 0.750 bits per heavy atom. The fourth-order valence-electron chi connectivity index (χ4n) is 4.10. The van der Waals surface area contributed by atoms with Gasteiger partial charge in [-0.25, -0.2) is 9.79 Å². The molecule has 0 N–H and O–H groups in total. The van der Waals surface area contributed by atoms with Crippen molar-refractivity contribution in [3.8, 4) is 0 Å². The molecule has 0 heterocycles. The van der Waals surface area contributed by atoms with E-state index in [2.05, 4.69) is 18.8 Å². The molecule has 0 aliphatic heterocycles. The number of methoxy groups -OCH3 is 2. The maximum atomic E-state index is 10.7. The number of rotatable bonds is 21. The summed E-state index contributed by atoms with van der Waals surface area (Å²) >= 11 is 0. The summed E-state index contributed by atoms with van der Waals surface area (Å²) in [4.78, 5) is 14.6. The average molecular weight is 398 g/mol. The predicted octanol–water partition coefficient (Wildman–Crippen LogP) is 7.21. The SMILES string of the molecule is CCCCCCCCCCC(OC)(OC)C(CCCCCCCC)CN=C=O. The van der Waals surface area contributed by atoms with Crippen molar-refractivity contribution in [1.82, 2.24) is 0 Å². The van der Waals surface area contributed by atoms with Gasteiger partial charge in [0.05, 0.1) is 6.54 Å². The summed E-state index contributed by atoms with van der Waals surface area (Å²) in [5, 5.41) is 0. The van der Waals surface area contributed by atoms with Gasteiger partial charge in [0, 0.05) is 26.6 Å². The Labute approximate surface area is 174 Å². The summed E-state index contributed by atoms with van der Waals surface area (Å²) in [6.07, 6.45) is 21.4. The van der Waals surface area contributed by atoms with Crippen LogP contribution >= 0.6 is 0 Å². The van der Waals surface area contributed by atoms with E-state index in [1.165, 1.54) is 77.0 Å². The molecule has 4 heteroatoms. The smallest absolute Gasteiger partial charge is 0.234 e. The van der Waals surface area contributed by atoms with E-state index in [-0.39, 0.29) is 5.92 Å². The molecule has 1 atom stereocenters. The minimum atomic E-state index is -0.633. The first-order chi connectivity index (χ1) is 13.7. The van der Waals surface area contributed by atoms with Crippen LogP contribution in [0.25, 0.3) is 0 Å². The number of aliphatic imine (C=N–C) groups is 1. The monoisotopic (exact) mass is 397 g/mol. The molecule has 4 nitrogen and oxygen atoms in total. The molecule has 0 aromatic carbocycles. The van der Waals surface area contributed by atoms with Gasteiger partial charge in [-0.2, -0.15) is 0 Å². The van der Waals surface area contributed by atoms with Crippen LogP contribution in [0.4, 0.5) is 0 Å². The second-order valence-corrected chi connectivity index (χ2v) is 8.13. The molecule has 0 saturated heterocycles. The first-order valence-electron chi connectivity index (χ1n) is 11.8. The van der Waals surface area contributed by atoms with Gasteiger partial charge in [-0.3, -0.25) is 0 Å². The molecule has 0 aromatic heterocycles. The van der Waals surface area contributed by atoms with Gasteiger partial charge >= 0.3 is 0 Å². The maximum Gasteiger partial charge on any atom is 0.234 e. The lowest BCUT2D eigenvalue weighted by Crippen LogP contribution is -2.43. The van der Waals surface area contributed by atoms with Crippen LogP contribution in [0.3, 0.4) is 0 Å². The van der Waals surface area contributed by atoms with E-state index < -0.39 is 5.79 Å². The predicted molar refractivity (Wildman–Crippen MR) is 118 cm³/mol. The molecule has 0 saturated carbocycles. The normalized spacial score (nSPS) is 12.7. The largest absolute Gasteiger partial charge is 0.353 e. The van der Waals surface area contributed by atoms with Crippen molar-refractivity contribution in [2.24, 2.45) is 10.9 Å². The zero-order valence-electron chi connectivity index (χ0n) is 19.3. The van der Waals surface area contributed by atoms with Gasteiger partial charge in [-0.1, -0.05) is 97.3 Å². The van der Waals surface area contributed by atoms with Crippen molar-refractivity contribution in [2.45, 2.75) is 122 Å². The molecule has 0 aromatic rings. The molecule has 28 heavy (non-hydrogen) atoms. The van der Waals surface area contributed by atoms with Gasteiger partial charge in [0.15, 0.2) is 5.79 Å². The number of nitrogens with zero attached hydrogens (tertiary/aromatic N) is 1. The summed E-state index contributed by atoms with van der Waals surface area (Å²) in [7, 11) is 3.46. The van der Waals surface area contributed by atoms with Crippen LogP contribution in [0.5, 0.6) is 0 Å². The van der Waals surface area contributed by atoms with E-state index in [1.807, 2.05) is 0 Å². The van der Waals surface area contributed by atoms with Crippen LogP contribution in [0.1, 0.15) is 117 Å². The lowest BCUT2D eigenvalue weighted by Gasteiger charge is -2.38. The average Bonchev–Trinajstić information content (AvgIpc) is 2.72. The molecular formula is C24H47NO3. The lowest BCUT2D eigenvalue weighted by atomic mass is 9.87. The van der Waals surface area contributed by atoms with Crippen LogP contribution in [-0.4, -0.2) is 32.6 Å². The molecule has 1 unspecified atom stereocenters. The molecular weight excluding hydrogens is 350 g/mol. The van der Waals surface area contributed by atoms with Gasteiger partial charge in [0.1, 0.15) is 0 Å². The third kappa shape index (κ3) is 12.7. The Balaban J connectivity index is 4.46. The molecule has 0 aliphatic carbocycles. The highest BCUT2D eigenvalue weighted by Crippen LogP contribution is 2.33. The molecule has 0 bridgehead atoms. The topological polar surface area (TPSA) is 47.9 Å². The Kier molecular flexibility index (Phi) is 19.1. The number of ether oxygens (including phenoxy) is 2. The summed E-state index contributed by atoms with van der Waals surface area (Å²) in [5.41, 5.74) is 0. The van der Waals surface area contributed by atoms with Gasteiger partial charge in [0.25, 0.3) is 0 Å². The van der Waals surface area contributed by atoms with Crippen LogP contribution in [0.15, 0.2) is 4.99 Å². The number of hydrogen-bond acceptors (Lipinski definition) is 4. The first-order valence-corrected chi connectivity index (χ1v) is 11.8. The minimum absolute atomic E-state index is 0.111. The van der Waals surface area contributed by atoms with Gasteiger partial charge in [-0.15, -0.1) is 0 Å². The number of carbonyl (C=O) groups excluding carboxylic acids is 1. The van der Waals surface area contributed by atoms with E-state index in [4.69, 9.17) is 9.47 Å². The molecule has 0 radical (unpaired) electrons. The number of unbranched alkanes of at least 4 members (excludes halogenated alkanes) is 12. The molecule has 0 fully saturated rings. The van der Waals surface area contributed by atoms with Crippen molar-refractivity contribution in [3.05, 3.63) is 0 Å². The van der Waals surface area contributed by atoms with E-state index in [1.54, 1.807) is 20.3 Å². The molecule has 0 aliphatic rings. The van der Waals surface area contributed by atoms with E-state index in [0.29, 0.717) is 6.54 Å². The molecule has 0 rings (SSSR count). The standard InChI is InChI=1S/C24H47NO3/c1-5-7-9-11-13-14-16-18-20-24(27-3,28-4)23(21-25-22-26)19-17-15-12-10-8-6-2/h23H,5-21H2,1-4H3. The van der Waals surface area contributed by atoms with E-state index in [9.17, 15) is 4.79 Å². The second kappa shape index (κ2) is 19.6. The summed E-state index contributed by atoms with van der Waals surface area (Å²) < 4.78 is 11.8. The van der Waals surface area contributed by atoms with Crippen molar-refractivity contribution < 1.29 is 14.3 Å². The number of isocyanates is 1. The lowest BCUT2D eigenvalue weighted by molar-refractivity contribution is -0.244. The third-order valence-electron chi connectivity index (χ3n) is 5.97. The quantitative estimate of drug-likeness (QED) is 0.0889. The van der Waals surface area contributed by atoms with Crippen molar-refractivity contribution in [2.75, 3.05) is 20.8 Å². The Bertz CT molecular complexity index is 376. The van der Waals surface area contributed by atoms with Crippen molar-refractivity contribution in [3.63, 3.8) is 0 Å². The van der Waals surface area contributed by atoms with Crippen LogP contribution in [0.2, 0.25) is 0 Å². The first kappa shape index (κ1) is 27.3. The molecule has 166 valence electrons. The van der Waals surface area contributed by atoms with Crippen LogP contribution in [-0.2, 0) is 14.3 Å². The fourth-order valence-corrected chi connectivity index (χ4v) is 4.10. The van der Waals surface area contributed by atoms with Crippen molar-refractivity contribution >= 4 is 6.08 Å². The highest BCUT2D eigenvalue weighted by atomic mass is 16.7. The Hall–Kier alpha value is -0.700. The highest BCUT2D eigenvalue weighted by Gasteiger charge is 2.38. The van der Waals surface area contributed by atoms with Crippen LogP contribution in [0, 0.1) is 5.92 Å². The van der Waals surface area contributed by atoms with Gasteiger partial charge < -0.3 is 9.47 Å². The van der Waals surface area contributed by atoms with Crippen molar-refractivity contribution in [1.29, 1.82) is 0 Å². The summed E-state index contributed by atoms with van der Waals surface area (Å²) in [6.45, 7) is 4.94. The number of hydrogen-bond donors (Lipinski definition) is 0. The fraction of sp³-hybridized carbons (Fsp3) is 0.958. The molecule has 0 spiro atoms. The molecule has 0 amide bonds. The second-order valence-electron chi connectivity index (χ2n) is 8.13. The summed E-state index contributed by atoms with van der Waals surface area (Å²) in [6, 6.07) is 0. The Morgan fingerprint density at radius 2 is 1.21 bits per heavy atom. The zero-order chi connectivity index (χ0) is 20.9. The maximum absolute atomic E-state index is 10.7. The van der Waals surface area contributed by atoms with Gasteiger partial charge in [0.2, 0.25) is 6.08 Å². The van der Waals surface area contributed by atoms with Gasteiger partial charge in [-0.05, 0) is 12.8 Å². The highest BCUT2D eigenvalue weighted by molar-refractivity contribution is 5.32. The third-order valence-corrected chi connectivity index (χ3v) is 5.97. The van der Waals surface area contributed by atoms with E-state index in [0.717, 1.165) is 25.7 Å². The zero-order valence-corrected chi connectivity index (χ0v) is 19.3. The Morgan fingerprint density at radius 3 is 1.68 bits per heavy atom. The van der Waals surface area contributed by atoms with E-state index >= 15 is 0 Å². The minimum Gasteiger partial charge on any atom is -0.353 e. The summed E-state index contributed by atoms with van der Waals surface area (Å²) in [5.74, 6) is -0.522. The van der Waals surface area contributed by atoms with Crippen LogP contribution < -0.4 is 0 Å².